The Morgan fingerprint density at radius 1 is 1.36 bits per heavy atom. The summed E-state index contributed by atoms with van der Waals surface area (Å²) in [6.45, 7) is -0.250. The van der Waals surface area contributed by atoms with E-state index in [0.717, 1.165) is 10.7 Å². The second kappa shape index (κ2) is 5.56. The topological polar surface area (TPSA) is 63.3 Å². The van der Waals surface area contributed by atoms with Gasteiger partial charge in [-0.05, 0) is 24.3 Å². The van der Waals surface area contributed by atoms with Gasteiger partial charge < -0.3 is 10.8 Å². The monoisotopic (exact) mass is 173 g/mol. The number of nitrogen functional groups attached to an aromatic ring is 1. The number of carbonyl (C=O) groups is 1. The van der Waals surface area contributed by atoms with Gasteiger partial charge in [-0.2, -0.15) is 0 Å². The van der Waals surface area contributed by atoms with E-state index < -0.39 is 0 Å². The molecule has 1 aromatic rings. The summed E-state index contributed by atoms with van der Waals surface area (Å²) in [6.07, 6.45) is 0. The van der Waals surface area contributed by atoms with Crippen LogP contribution >= 0.6 is 11.6 Å². The summed E-state index contributed by atoms with van der Waals surface area (Å²) < 4.78 is 0. The van der Waals surface area contributed by atoms with Gasteiger partial charge >= 0.3 is 0 Å². The van der Waals surface area contributed by atoms with Crippen molar-refractivity contribution >= 4 is 23.8 Å². The minimum absolute atomic E-state index is 0.250. The standard InChI is InChI=1S/C6H6ClN.CH2O2/c7-5-1-3-6(8)4-2-5;2-1-3/h1-4H,8H2;1H,(H,2,3). The molecule has 0 atom stereocenters. The maximum Gasteiger partial charge on any atom is 0.290 e. The van der Waals surface area contributed by atoms with Gasteiger partial charge in [0.2, 0.25) is 0 Å². The van der Waals surface area contributed by atoms with Crippen molar-refractivity contribution in [1.29, 1.82) is 0 Å². The molecule has 0 amide bonds. The van der Waals surface area contributed by atoms with E-state index in [1.54, 1.807) is 24.3 Å². The van der Waals surface area contributed by atoms with Crippen LogP contribution < -0.4 is 5.73 Å². The number of hydrogen-bond acceptors (Lipinski definition) is 2. The molecule has 1 rings (SSSR count). The highest BCUT2D eigenvalue weighted by Gasteiger charge is 1.82. The lowest BCUT2D eigenvalue weighted by Crippen LogP contribution is -1.80. The van der Waals surface area contributed by atoms with Crippen LogP contribution in [0.15, 0.2) is 24.3 Å². The van der Waals surface area contributed by atoms with Crippen LogP contribution in [0.5, 0.6) is 0 Å². The number of halogens is 1. The fraction of sp³-hybridized carbons (Fsp3) is 0. The molecule has 11 heavy (non-hydrogen) atoms. The van der Waals surface area contributed by atoms with E-state index in [0.29, 0.717) is 0 Å². The highest BCUT2D eigenvalue weighted by Crippen LogP contribution is 2.09. The average molecular weight is 174 g/mol. The first-order chi connectivity index (χ1) is 5.20. The van der Waals surface area contributed by atoms with Gasteiger partial charge in [-0.1, -0.05) is 11.6 Å². The van der Waals surface area contributed by atoms with E-state index in [-0.39, 0.29) is 6.47 Å². The van der Waals surface area contributed by atoms with Crippen LogP contribution in [0.4, 0.5) is 5.69 Å². The Morgan fingerprint density at radius 3 is 2.00 bits per heavy atom. The lowest BCUT2D eigenvalue weighted by molar-refractivity contribution is -0.122. The summed E-state index contributed by atoms with van der Waals surface area (Å²) in [5.74, 6) is 0. The minimum atomic E-state index is -0.250. The average Bonchev–Trinajstić information content (AvgIpc) is 1.97. The molecule has 0 unspecified atom stereocenters. The van der Waals surface area contributed by atoms with Crippen molar-refractivity contribution in [2.75, 3.05) is 5.73 Å². The summed E-state index contributed by atoms with van der Waals surface area (Å²) >= 11 is 5.56. The zero-order valence-corrected chi connectivity index (χ0v) is 6.45. The molecule has 0 aliphatic carbocycles. The lowest BCUT2D eigenvalue weighted by atomic mass is 10.3. The van der Waals surface area contributed by atoms with Crippen LogP contribution in [-0.2, 0) is 4.79 Å². The van der Waals surface area contributed by atoms with Gasteiger partial charge in [-0.15, -0.1) is 0 Å². The molecule has 0 bridgehead atoms. The zero-order chi connectivity index (χ0) is 8.69. The van der Waals surface area contributed by atoms with Crippen molar-refractivity contribution in [2.45, 2.75) is 0 Å². The second-order valence-corrected chi connectivity index (χ2v) is 2.09. The fourth-order valence-electron chi connectivity index (χ4n) is 0.463. The number of benzene rings is 1. The smallest absolute Gasteiger partial charge is 0.290 e. The fourth-order valence-corrected chi connectivity index (χ4v) is 0.589. The van der Waals surface area contributed by atoms with Crippen molar-refractivity contribution in [3.8, 4) is 0 Å². The SMILES string of the molecule is Nc1ccc(Cl)cc1.O=CO. The maximum atomic E-state index is 8.36. The van der Waals surface area contributed by atoms with Crippen LogP contribution in [0.25, 0.3) is 0 Å². The first-order valence-corrected chi connectivity index (χ1v) is 3.17. The van der Waals surface area contributed by atoms with Gasteiger partial charge in [0, 0.05) is 10.7 Å². The number of anilines is 1. The third kappa shape index (κ3) is 5.24. The zero-order valence-electron chi connectivity index (χ0n) is 5.70. The number of nitrogens with two attached hydrogens (primary N) is 1. The first kappa shape index (κ1) is 9.78. The molecule has 0 heterocycles. The highest BCUT2D eigenvalue weighted by molar-refractivity contribution is 6.30. The van der Waals surface area contributed by atoms with E-state index in [1.165, 1.54) is 0 Å². The van der Waals surface area contributed by atoms with Crippen LogP contribution in [0, 0.1) is 0 Å². The van der Waals surface area contributed by atoms with Gasteiger partial charge in [-0.3, -0.25) is 4.79 Å². The maximum absolute atomic E-state index is 8.36. The largest absolute Gasteiger partial charge is 0.483 e. The molecule has 4 heteroatoms. The second-order valence-electron chi connectivity index (χ2n) is 1.66. The van der Waals surface area contributed by atoms with Gasteiger partial charge in [-0.25, -0.2) is 0 Å². The quantitative estimate of drug-likeness (QED) is 0.463. The number of hydrogen-bond donors (Lipinski definition) is 2. The molecule has 1 aromatic carbocycles. The molecular weight excluding hydrogens is 166 g/mol. The van der Waals surface area contributed by atoms with E-state index in [9.17, 15) is 0 Å². The van der Waals surface area contributed by atoms with Crippen molar-refractivity contribution in [3.63, 3.8) is 0 Å². The van der Waals surface area contributed by atoms with Crippen LogP contribution in [0.3, 0.4) is 0 Å². The third-order valence-electron chi connectivity index (χ3n) is 0.870. The normalized spacial score (nSPS) is 7.73. The van der Waals surface area contributed by atoms with Crippen molar-refractivity contribution in [3.05, 3.63) is 29.3 Å². The molecule has 3 N–H and O–H groups in total. The van der Waals surface area contributed by atoms with Crippen LogP contribution in [0.1, 0.15) is 0 Å². The number of rotatable bonds is 0. The molecule has 3 nitrogen and oxygen atoms in total. The van der Waals surface area contributed by atoms with Crippen molar-refractivity contribution in [2.24, 2.45) is 0 Å². The Morgan fingerprint density at radius 2 is 1.73 bits per heavy atom. The molecule has 0 aliphatic rings. The van der Waals surface area contributed by atoms with Crippen molar-refractivity contribution < 1.29 is 9.90 Å². The van der Waals surface area contributed by atoms with Crippen LogP contribution in [0.2, 0.25) is 5.02 Å². The Labute approximate surface area is 69.4 Å². The molecule has 0 saturated carbocycles. The predicted molar refractivity (Wildman–Crippen MR) is 44.6 cm³/mol. The highest BCUT2D eigenvalue weighted by atomic mass is 35.5. The summed E-state index contributed by atoms with van der Waals surface area (Å²) in [7, 11) is 0. The Kier molecular flexibility index (Phi) is 4.94. The Bertz CT molecular complexity index is 189. The molecular formula is C7H8ClNO2. The van der Waals surface area contributed by atoms with E-state index in [4.69, 9.17) is 27.2 Å². The molecule has 60 valence electrons. The number of carboxylic acid groups (broad SMARTS) is 1. The van der Waals surface area contributed by atoms with Gasteiger partial charge in [0.1, 0.15) is 0 Å². The Balaban J connectivity index is 0.000000292. The molecule has 0 fully saturated rings. The third-order valence-corrected chi connectivity index (χ3v) is 1.12. The molecule has 0 saturated heterocycles. The lowest BCUT2D eigenvalue weighted by Gasteiger charge is -1.88. The minimum Gasteiger partial charge on any atom is -0.483 e. The molecule has 0 aromatic heterocycles. The van der Waals surface area contributed by atoms with E-state index in [1.807, 2.05) is 0 Å². The van der Waals surface area contributed by atoms with Gasteiger partial charge in [0.25, 0.3) is 6.47 Å². The van der Waals surface area contributed by atoms with Crippen LogP contribution in [-0.4, -0.2) is 11.6 Å². The summed E-state index contributed by atoms with van der Waals surface area (Å²) in [6, 6.07) is 7.05. The molecule has 0 spiro atoms. The van der Waals surface area contributed by atoms with E-state index in [2.05, 4.69) is 0 Å². The van der Waals surface area contributed by atoms with E-state index >= 15 is 0 Å². The molecule has 0 radical (unpaired) electrons. The van der Waals surface area contributed by atoms with Gasteiger partial charge in [0.05, 0.1) is 0 Å². The Hall–Kier alpha value is -1.22. The summed E-state index contributed by atoms with van der Waals surface area (Å²) in [5, 5.41) is 7.61. The van der Waals surface area contributed by atoms with Crippen molar-refractivity contribution in [1.82, 2.24) is 0 Å². The van der Waals surface area contributed by atoms with Gasteiger partial charge in [0.15, 0.2) is 0 Å². The predicted octanol–water partition coefficient (Wildman–Crippen LogP) is 1.62. The first-order valence-electron chi connectivity index (χ1n) is 2.79. The summed E-state index contributed by atoms with van der Waals surface area (Å²) in [4.78, 5) is 8.36. The molecule has 0 aliphatic heterocycles. The summed E-state index contributed by atoms with van der Waals surface area (Å²) in [5.41, 5.74) is 6.11.